The molecule has 0 saturated heterocycles. The lowest BCUT2D eigenvalue weighted by Crippen LogP contribution is -2.11. The van der Waals surface area contributed by atoms with Crippen LogP contribution < -0.4 is 5.32 Å². The van der Waals surface area contributed by atoms with E-state index < -0.39 is 0 Å². The summed E-state index contributed by atoms with van der Waals surface area (Å²) in [6, 6.07) is 13.6. The van der Waals surface area contributed by atoms with Crippen LogP contribution in [-0.4, -0.2) is 22.1 Å². The third-order valence-electron chi connectivity index (χ3n) is 3.23. The number of thioether (sulfide) groups is 1. The molecule has 1 amide bonds. The summed E-state index contributed by atoms with van der Waals surface area (Å²) in [6.07, 6.45) is 3.63. The summed E-state index contributed by atoms with van der Waals surface area (Å²) >= 11 is 2.96. The Bertz CT molecular complexity index is 814. The van der Waals surface area contributed by atoms with Gasteiger partial charge in [0.2, 0.25) is 0 Å². The second-order valence-corrected chi connectivity index (χ2v) is 6.67. The van der Waals surface area contributed by atoms with E-state index in [0.29, 0.717) is 10.6 Å². The highest BCUT2D eigenvalue weighted by molar-refractivity contribution is 7.98. The first-order valence-electron chi connectivity index (χ1n) is 7.01. The van der Waals surface area contributed by atoms with E-state index in [1.807, 2.05) is 55.6 Å². The van der Waals surface area contributed by atoms with Crippen molar-refractivity contribution in [3.63, 3.8) is 0 Å². The van der Waals surface area contributed by atoms with Crippen molar-refractivity contribution in [1.82, 2.24) is 9.97 Å². The normalized spacial score (nSPS) is 10.5. The van der Waals surface area contributed by atoms with Crippen LogP contribution in [-0.2, 0) is 0 Å². The fourth-order valence-corrected chi connectivity index (χ4v) is 3.40. The van der Waals surface area contributed by atoms with Gasteiger partial charge in [-0.15, -0.1) is 23.1 Å². The fraction of sp³-hybridized carbons (Fsp3) is 0.118. The molecule has 2 aromatic heterocycles. The molecule has 3 rings (SSSR count). The number of thiazole rings is 1. The van der Waals surface area contributed by atoms with Crippen molar-refractivity contribution >= 4 is 34.7 Å². The topological polar surface area (TPSA) is 54.9 Å². The van der Waals surface area contributed by atoms with Crippen LogP contribution in [0.2, 0.25) is 0 Å². The molecule has 0 aliphatic rings. The number of aromatic nitrogens is 2. The Morgan fingerprint density at radius 1 is 1.17 bits per heavy atom. The lowest BCUT2D eigenvalue weighted by Gasteiger charge is -2.04. The van der Waals surface area contributed by atoms with E-state index in [1.54, 1.807) is 18.0 Å². The Hall–Kier alpha value is -2.18. The van der Waals surface area contributed by atoms with Gasteiger partial charge in [-0.3, -0.25) is 4.79 Å². The number of nitrogens with one attached hydrogen (secondary N) is 1. The van der Waals surface area contributed by atoms with E-state index in [9.17, 15) is 4.79 Å². The molecular formula is C17H15N3OS2. The molecule has 116 valence electrons. The summed E-state index contributed by atoms with van der Waals surface area (Å²) in [5.41, 5.74) is 2.44. The maximum atomic E-state index is 12.5. The first kappa shape index (κ1) is 15.7. The number of aryl methyl sites for hydroxylation is 1. The van der Waals surface area contributed by atoms with Crippen molar-refractivity contribution in [1.29, 1.82) is 0 Å². The molecule has 0 bridgehead atoms. The van der Waals surface area contributed by atoms with Crippen molar-refractivity contribution in [2.75, 3.05) is 11.6 Å². The van der Waals surface area contributed by atoms with Gasteiger partial charge >= 0.3 is 0 Å². The summed E-state index contributed by atoms with van der Waals surface area (Å²) in [7, 11) is 0. The number of nitrogens with zero attached hydrogens (tertiary/aromatic N) is 2. The van der Waals surface area contributed by atoms with Gasteiger partial charge in [0.25, 0.3) is 5.91 Å². The fourth-order valence-electron chi connectivity index (χ4n) is 2.07. The third kappa shape index (κ3) is 3.60. The lowest BCUT2D eigenvalue weighted by atomic mass is 10.2. The first-order chi connectivity index (χ1) is 11.2. The van der Waals surface area contributed by atoms with Gasteiger partial charge < -0.3 is 5.32 Å². The van der Waals surface area contributed by atoms with E-state index in [1.165, 1.54) is 11.3 Å². The van der Waals surface area contributed by atoms with E-state index in [-0.39, 0.29) is 5.91 Å². The second kappa shape index (κ2) is 6.93. The maximum Gasteiger partial charge on any atom is 0.267 e. The number of rotatable bonds is 4. The van der Waals surface area contributed by atoms with Crippen LogP contribution in [0.5, 0.6) is 0 Å². The van der Waals surface area contributed by atoms with Crippen molar-refractivity contribution in [3.05, 3.63) is 59.2 Å². The van der Waals surface area contributed by atoms with Crippen LogP contribution in [0, 0.1) is 6.92 Å². The zero-order valence-corrected chi connectivity index (χ0v) is 14.4. The minimum Gasteiger partial charge on any atom is -0.320 e. The molecule has 0 unspecified atom stereocenters. The molecular weight excluding hydrogens is 326 g/mol. The predicted molar refractivity (Wildman–Crippen MR) is 96.3 cm³/mol. The van der Waals surface area contributed by atoms with Crippen molar-refractivity contribution in [3.8, 4) is 10.6 Å². The largest absolute Gasteiger partial charge is 0.320 e. The second-order valence-electron chi connectivity index (χ2n) is 4.84. The molecule has 0 aliphatic carbocycles. The minimum absolute atomic E-state index is 0.152. The number of hydrogen-bond acceptors (Lipinski definition) is 5. The smallest absolute Gasteiger partial charge is 0.267 e. The van der Waals surface area contributed by atoms with Gasteiger partial charge in [0.15, 0.2) is 0 Å². The van der Waals surface area contributed by atoms with Crippen molar-refractivity contribution < 1.29 is 4.79 Å². The molecule has 0 saturated carbocycles. The van der Waals surface area contributed by atoms with Crippen molar-refractivity contribution in [2.45, 2.75) is 11.9 Å². The summed E-state index contributed by atoms with van der Waals surface area (Å²) < 4.78 is 0. The van der Waals surface area contributed by atoms with Gasteiger partial charge in [0.1, 0.15) is 9.88 Å². The molecule has 4 nitrogen and oxygen atoms in total. The number of amides is 1. The molecule has 3 aromatic rings. The number of pyridine rings is 1. The summed E-state index contributed by atoms with van der Waals surface area (Å²) in [4.78, 5) is 21.8. The quantitative estimate of drug-likeness (QED) is 0.711. The molecule has 0 fully saturated rings. The van der Waals surface area contributed by atoms with E-state index in [0.717, 1.165) is 21.3 Å². The van der Waals surface area contributed by atoms with Gasteiger partial charge in [-0.1, -0.05) is 30.3 Å². The molecule has 0 spiro atoms. The lowest BCUT2D eigenvalue weighted by molar-refractivity contribution is 0.103. The Balaban J connectivity index is 1.81. The predicted octanol–water partition coefficient (Wildman–Crippen LogP) is 4.49. The van der Waals surface area contributed by atoms with E-state index in [2.05, 4.69) is 15.3 Å². The number of carbonyl (C=O) groups is 1. The molecule has 2 heterocycles. The Morgan fingerprint density at radius 2 is 1.96 bits per heavy atom. The zero-order chi connectivity index (χ0) is 16.2. The van der Waals surface area contributed by atoms with Crippen molar-refractivity contribution in [2.24, 2.45) is 0 Å². The Labute approximate surface area is 143 Å². The number of anilines is 1. The monoisotopic (exact) mass is 341 g/mol. The maximum absolute atomic E-state index is 12.5. The van der Waals surface area contributed by atoms with Crippen LogP contribution in [0.3, 0.4) is 0 Å². The molecule has 23 heavy (non-hydrogen) atoms. The number of hydrogen-bond donors (Lipinski definition) is 1. The Morgan fingerprint density at radius 3 is 2.61 bits per heavy atom. The summed E-state index contributed by atoms with van der Waals surface area (Å²) in [5.74, 6) is -0.152. The van der Waals surface area contributed by atoms with E-state index in [4.69, 9.17) is 0 Å². The van der Waals surface area contributed by atoms with Crippen LogP contribution in [0.4, 0.5) is 5.69 Å². The van der Waals surface area contributed by atoms with Gasteiger partial charge in [0.05, 0.1) is 22.6 Å². The van der Waals surface area contributed by atoms with Crippen LogP contribution in [0.1, 0.15) is 15.4 Å². The molecule has 0 aliphatic heterocycles. The number of carbonyl (C=O) groups excluding carboxylic acids is 1. The van der Waals surface area contributed by atoms with E-state index >= 15 is 0 Å². The highest BCUT2D eigenvalue weighted by Crippen LogP contribution is 2.28. The van der Waals surface area contributed by atoms with Crippen LogP contribution in [0.25, 0.3) is 10.6 Å². The van der Waals surface area contributed by atoms with Crippen LogP contribution >= 0.6 is 23.1 Å². The highest BCUT2D eigenvalue weighted by atomic mass is 32.2. The van der Waals surface area contributed by atoms with Crippen LogP contribution in [0.15, 0.2) is 53.7 Å². The highest BCUT2D eigenvalue weighted by Gasteiger charge is 2.16. The Kier molecular flexibility index (Phi) is 4.73. The molecule has 0 radical (unpaired) electrons. The van der Waals surface area contributed by atoms with Gasteiger partial charge in [-0.05, 0) is 25.3 Å². The average Bonchev–Trinajstić information content (AvgIpc) is 2.98. The van der Waals surface area contributed by atoms with Gasteiger partial charge in [-0.25, -0.2) is 9.97 Å². The standard InChI is InChI=1S/C17H15N3OS2/c1-11-15(23-17(19-11)12-6-4-3-5-7-12)16(21)20-13-8-9-14(22-2)18-10-13/h3-10H,1-2H3,(H,20,21). The summed E-state index contributed by atoms with van der Waals surface area (Å²) in [5, 5.41) is 4.65. The molecule has 1 aromatic carbocycles. The van der Waals surface area contributed by atoms with Gasteiger partial charge in [-0.2, -0.15) is 0 Å². The molecule has 1 N–H and O–H groups in total. The van der Waals surface area contributed by atoms with Gasteiger partial charge in [0, 0.05) is 5.56 Å². The first-order valence-corrected chi connectivity index (χ1v) is 9.06. The minimum atomic E-state index is -0.152. The molecule has 6 heteroatoms. The summed E-state index contributed by atoms with van der Waals surface area (Å²) in [6.45, 7) is 1.85. The zero-order valence-electron chi connectivity index (χ0n) is 12.7. The number of benzene rings is 1. The third-order valence-corrected chi connectivity index (χ3v) is 5.09. The SMILES string of the molecule is CSc1ccc(NC(=O)c2sc(-c3ccccc3)nc2C)cn1. The average molecular weight is 341 g/mol. The molecule has 0 atom stereocenters.